The van der Waals surface area contributed by atoms with E-state index >= 15 is 0 Å². The van der Waals surface area contributed by atoms with Crippen LogP contribution in [0.25, 0.3) is 0 Å². The highest BCUT2D eigenvalue weighted by atomic mass is 16.5. The lowest BCUT2D eigenvalue weighted by Gasteiger charge is -2.09. The maximum absolute atomic E-state index is 10.8. The topological polar surface area (TPSA) is 47.6 Å². The van der Waals surface area contributed by atoms with E-state index in [-0.39, 0.29) is 11.9 Å². The minimum Gasteiger partial charge on any atom is -0.380 e. The number of hydrogen-bond acceptors (Lipinski definition) is 4. The Morgan fingerprint density at radius 1 is 1.11 bits per heavy atom. The summed E-state index contributed by atoms with van der Waals surface area (Å²) in [5.74, 6) is 0.0705. The number of rotatable bonds is 9. The summed E-state index contributed by atoms with van der Waals surface area (Å²) in [6.45, 7) is 14.2. The third kappa shape index (κ3) is 20.9. The average Bonchev–Trinajstić information content (AvgIpc) is 2.42. The summed E-state index contributed by atoms with van der Waals surface area (Å²) >= 11 is 0. The smallest absolute Gasteiger partial charge is 0.158 e. The molecule has 0 fully saturated rings. The van der Waals surface area contributed by atoms with E-state index < -0.39 is 0 Å². The van der Waals surface area contributed by atoms with Gasteiger partial charge in [0.1, 0.15) is 6.10 Å². The van der Waals surface area contributed by atoms with Crippen LogP contribution >= 0.6 is 0 Å². The van der Waals surface area contributed by atoms with Gasteiger partial charge in [0, 0.05) is 19.8 Å². The van der Waals surface area contributed by atoms with Crippen molar-refractivity contribution in [1.82, 2.24) is 5.32 Å². The van der Waals surface area contributed by atoms with Crippen LogP contribution in [-0.2, 0) is 14.3 Å². The van der Waals surface area contributed by atoms with Gasteiger partial charge in [0.05, 0.1) is 6.61 Å². The van der Waals surface area contributed by atoms with Crippen LogP contribution in [0, 0.1) is 0 Å². The van der Waals surface area contributed by atoms with Crippen LogP contribution in [-0.4, -0.2) is 45.3 Å². The molecule has 0 saturated carbocycles. The maximum atomic E-state index is 10.8. The summed E-state index contributed by atoms with van der Waals surface area (Å²) in [4.78, 5) is 10.8. The molecule has 0 aliphatic carbocycles. The Kier molecular flexibility index (Phi) is 27.5. The van der Waals surface area contributed by atoms with Crippen molar-refractivity contribution < 1.29 is 14.3 Å². The van der Waals surface area contributed by atoms with Crippen LogP contribution < -0.4 is 5.32 Å². The van der Waals surface area contributed by atoms with Gasteiger partial charge in [-0.2, -0.15) is 0 Å². The number of ketones is 1. The first-order valence-electron chi connectivity index (χ1n) is 7.03. The fourth-order valence-corrected chi connectivity index (χ4v) is 0.815. The molecule has 0 radical (unpaired) electrons. The second kappa shape index (κ2) is 21.8. The molecule has 18 heavy (non-hydrogen) atoms. The first-order valence-corrected chi connectivity index (χ1v) is 7.03. The molecule has 1 unspecified atom stereocenters. The van der Waals surface area contributed by atoms with Gasteiger partial charge in [0.2, 0.25) is 0 Å². The molecule has 0 aromatic carbocycles. The second-order valence-corrected chi connectivity index (χ2v) is 3.19. The fourth-order valence-electron chi connectivity index (χ4n) is 0.815. The van der Waals surface area contributed by atoms with E-state index in [0.29, 0.717) is 13.2 Å². The van der Waals surface area contributed by atoms with E-state index in [0.717, 1.165) is 19.6 Å². The highest BCUT2D eigenvalue weighted by molar-refractivity contribution is 5.79. The number of Topliss-reactive ketones (excluding diaryl/α,β-unsaturated/α-hetero) is 1. The Balaban J connectivity index is -0.000000506. The SMILES string of the molecule is CC.CC.CNCCOCCCOC(C)C(C)=O. The average molecular weight is 263 g/mol. The molecule has 1 atom stereocenters. The Morgan fingerprint density at radius 3 is 2.11 bits per heavy atom. The van der Waals surface area contributed by atoms with Crippen LogP contribution in [0.2, 0.25) is 0 Å². The van der Waals surface area contributed by atoms with E-state index in [1.54, 1.807) is 6.92 Å². The summed E-state index contributed by atoms with van der Waals surface area (Å²) in [6, 6.07) is 0. The number of carbonyl (C=O) groups is 1. The molecule has 0 bridgehead atoms. The molecule has 4 heteroatoms. The van der Waals surface area contributed by atoms with E-state index in [1.807, 2.05) is 34.7 Å². The molecule has 4 nitrogen and oxygen atoms in total. The van der Waals surface area contributed by atoms with Gasteiger partial charge in [-0.3, -0.25) is 4.79 Å². The van der Waals surface area contributed by atoms with E-state index in [1.165, 1.54) is 6.92 Å². The zero-order valence-electron chi connectivity index (χ0n) is 13.3. The van der Waals surface area contributed by atoms with Gasteiger partial charge in [-0.15, -0.1) is 0 Å². The molecule has 0 saturated heterocycles. The van der Waals surface area contributed by atoms with Crippen LogP contribution in [0.5, 0.6) is 0 Å². The summed E-state index contributed by atoms with van der Waals surface area (Å²) in [6.07, 6.45) is 0.550. The summed E-state index contributed by atoms with van der Waals surface area (Å²) < 4.78 is 10.6. The second-order valence-electron chi connectivity index (χ2n) is 3.19. The maximum Gasteiger partial charge on any atom is 0.158 e. The van der Waals surface area contributed by atoms with Gasteiger partial charge < -0.3 is 14.8 Å². The highest BCUT2D eigenvalue weighted by Crippen LogP contribution is 1.94. The van der Waals surface area contributed by atoms with Crippen molar-refractivity contribution in [3.05, 3.63) is 0 Å². The van der Waals surface area contributed by atoms with Gasteiger partial charge in [-0.25, -0.2) is 0 Å². The predicted octanol–water partition coefficient (Wildman–Crippen LogP) is 2.66. The van der Waals surface area contributed by atoms with Gasteiger partial charge in [0.15, 0.2) is 5.78 Å². The predicted molar refractivity (Wildman–Crippen MR) is 78.2 cm³/mol. The lowest BCUT2D eigenvalue weighted by Crippen LogP contribution is -2.19. The molecule has 0 spiro atoms. The van der Waals surface area contributed by atoms with Gasteiger partial charge in [-0.1, -0.05) is 27.7 Å². The van der Waals surface area contributed by atoms with E-state index in [4.69, 9.17) is 9.47 Å². The number of carbonyl (C=O) groups excluding carboxylic acids is 1. The molecule has 0 rings (SSSR count). The normalized spacial score (nSPS) is 10.6. The minimum atomic E-state index is -0.285. The Labute approximate surface area is 113 Å². The first-order chi connectivity index (χ1) is 8.68. The zero-order valence-corrected chi connectivity index (χ0v) is 13.3. The van der Waals surface area contributed by atoms with Crippen LogP contribution in [0.4, 0.5) is 0 Å². The van der Waals surface area contributed by atoms with E-state index in [2.05, 4.69) is 5.32 Å². The fraction of sp³-hybridized carbons (Fsp3) is 0.929. The number of hydrogen-bond donors (Lipinski definition) is 1. The molecular weight excluding hydrogens is 230 g/mol. The molecule has 112 valence electrons. The first kappa shape index (κ1) is 22.7. The molecule has 0 aliphatic rings. The lowest BCUT2D eigenvalue weighted by molar-refractivity contribution is -0.127. The Morgan fingerprint density at radius 2 is 1.67 bits per heavy atom. The summed E-state index contributed by atoms with van der Waals surface area (Å²) in [5.41, 5.74) is 0. The van der Waals surface area contributed by atoms with Crippen molar-refractivity contribution in [2.45, 2.75) is 54.1 Å². The van der Waals surface area contributed by atoms with Crippen molar-refractivity contribution in [2.75, 3.05) is 33.4 Å². The van der Waals surface area contributed by atoms with Crippen LogP contribution in [0.3, 0.4) is 0 Å². The third-order valence-corrected chi connectivity index (χ3v) is 1.87. The van der Waals surface area contributed by atoms with Gasteiger partial charge >= 0.3 is 0 Å². The van der Waals surface area contributed by atoms with Crippen LogP contribution in [0.15, 0.2) is 0 Å². The summed E-state index contributed by atoms with van der Waals surface area (Å²) in [5, 5.41) is 2.99. The number of nitrogens with one attached hydrogen (secondary N) is 1. The molecule has 0 aliphatic heterocycles. The summed E-state index contributed by atoms with van der Waals surface area (Å²) in [7, 11) is 1.89. The van der Waals surface area contributed by atoms with Gasteiger partial charge in [0.25, 0.3) is 0 Å². The van der Waals surface area contributed by atoms with Gasteiger partial charge in [-0.05, 0) is 27.3 Å². The number of ether oxygens (including phenoxy) is 2. The lowest BCUT2D eigenvalue weighted by atomic mass is 10.3. The number of likely N-dealkylation sites (N-methyl/N-ethyl adjacent to an activating group) is 1. The third-order valence-electron chi connectivity index (χ3n) is 1.87. The molecule has 0 heterocycles. The molecule has 0 amide bonds. The Hall–Kier alpha value is -0.450. The molecule has 0 aromatic rings. The highest BCUT2D eigenvalue weighted by Gasteiger charge is 2.05. The van der Waals surface area contributed by atoms with Crippen molar-refractivity contribution in [2.24, 2.45) is 0 Å². The monoisotopic (exact) mass is 263 g/mol. The Bertz CT molecular complexity index is 152. The van der Waals surface area contributed by atoms with Crippen molar-refractivity contribution in [1.29, 1.82) is 0 Å². The largest absolute Gasteiger partial charge is 0.380 e. The molecule has 1 N–H and O–H groups in total. The van der Waals surface area contributed by atoms with Crippen LogP contribution in [0.1, 0.15) is 48.0 Å². The van der Waals surface area contributed by atoms with E-state index in [9.17, 15) is 4.79 Å². The zero-order chi connectivity index (χ0) is 14.8. The van der Waals surface area contributed by atoms with Crippen molar-refractivity contribution in [3.8, 4) is 0 Å². The quantitative estimate of drug-likeness (QED) is 0.650. The van der Waals surface area contributed by atoms with Crippen molar-refractivity contribution >= 4 is 5.78 Å². The van der Waals surface area contributed by atoms with Crippen molar-refractivity contribution in [3.63, 3.8) is 0 Å². The molecule has 0 aromatic heterocycles. The molecular formula is C14H33NO3. The minimum absolute atomic E-state index is 0.0705. The standard InChI is InChI=1S/C10H21NO3.2C2H6/c1-9(12)10(2)14-7-4-6-13-8-5-11-3;2*1-2/h10-11H,4-8H2,1-3H3;2*1-2H3.